The van der Waals surface area contributed by atoms with Crippen LogP contribution in [0, 0.1) is 0 Å². The Balaban J connectivity index is 2.14. The van der Waals surface area contributed by atoms with Crippen LogP contribution in [0.1, 0.15) is 31.3 Å². The number of rotatable bonds is 3. The molecule has 0 radical (unpaired) electrons. The van der Waals surface area contributed by atoms with E-state index in [0.29, 0.717) is 31.3 Å². The SMILES string of the molecule is CCNc1cnc(C(=O)N2CCOCC2(C)C)cn1. The second kappa shape index (κ2) is 5.52. The topological polar surface area (TPSA) is 67.4 Å². The second-order valence-electron chi connectivity index (χ2n) is 5.14. The highest BCUT2D eigenvalue weighted by molar-refractivity contribution is 5.92. The maximum atomic E-state index is 12.4. The van der Waals surface area contributed by atoms with Crippen molar-refractivity contribution in [3.63, 3.8) is 0 Å². The van der Waals surface area contributed by atoms with E-state index in [1.54, 1.807) is 11.1 Å². The van der Waals surface area contributed by atoms with Crippen LogP contribution in [0.25, 0.3) is 0 Å². The van der Waals surface area contributed by atoms with Gasteiger partial charge in [0.25, 0.3) is 5.91 Å². The number of carbonyl (C=O) groups is 1. The van der Waals surface area contributed by atoms with Crippen LogP contribution in [0.15, 0.2) is 12.4 Å². The predicted molar refractivity (Wildman–Crippen MR) is 72.1 cm³/mol. The van der Waals surface area contributed by atoms with Crippen molar-refractivity contribution in [3.8, 4) is 0 Å². The van der Waals surface area contributed by atoms with Gasteiger partial charge in [0, 0.05) is 13.1 Å². The molecule has 6 heteroatoms. The van der Waals surface area contributed by atoms with Gasteiger partial charge in [0.15, 0.2) is 0 Å². The van der Waals surface area contributed by atoms with Crippen LogP contribution in [-0.4, -0.2) is 52.6 Å². The van der Waals surface area contributed by atoms with Crippen LogP contribution in [0.2, 0.25) is 0 Å². The van der Waals surface area contributed by atoms with Crippen LogP contribution in [-0.2, 0) is 4.74 Å². The average molecular weight is 264 g/mol. The molecule has 1 N–H and O–H groups in total. The zero-order chi connectivity index (χ0) is 13.9. The summed E-state index contributed by atoms with van der Waals surface area (Å²) >= 11 is 0. The lowest BCUT2D eigenvalue weighted by Gasteiger charge is -2.41. The minimum Gasteiger partial charge on any atom is -0.377 e. The van der Waals surface area contributed by atoms with Crippen LogP contribution in [0.5, 0.6) is 0 Å². The molecule has 2 heterocycles. The minimum atomic E-state index is -0.308. The fraction of sp³-hybridized carbons (Fsp3) is 0.615. The first kappa shape index (κ1) is 13.7. The van der Waals surface area contributed by atoms with Gasteiger partial charge < -0.3 is 15.0 Å². The first-order valence-electron chi connectivity index (χ1n) is 6.50. The van der Waals surface area contributed by atoms with E-state index in [1.165, 1.54) is 6.20 Å². The molecule has 0 bridgehead atoms. The largest absolute Gasteiger partial charge is 0.377 e. The third-order valence-corrected chi connectivity index (χ3v) is 3.12. The highest BCUT2D eigenvalue weighted by Crippen LogP contribution is 2.21. The van der Waals surface area contributed by atoms with Crippen molar-refractivity contribution in [3.05, 3.63) is 18.1 Å². The molecule has 0 saturated carbocycles. The Hall–Kier alpha value is -1.69. The molecule has 1 aromatic rings. The van der Waals surface area contributed by atoms with Crippen LogP contribution < -0.4 is 5.32 Å². The Kier molecular flexibility index (Phi) is 3.99. The molecule has 1 amide bonds. The van der Waals surface area contributed by atoms with Gasteiger partial charge in [-0.2, -0.15) is 0 Å². The van der Waals surface area contributed by atoms with E-state index in [9.17, 15) is 4.79 Å². The quantitative estimate of drug-likeness (QED) is 0.887. The first-order valence-corrected chi connectivity index (χ1v) is 6.50. The molecule has 1 aliphatic heterocycles. The maximum absolute atomic E-state index is 12.4. The van der Waals surface area contributed by atoms with Crippen LogP contribution in [0.4, 0.5) is 5.82 Å². The standard InChI is InChI=1S/C13H20N4O2/c1-4-14-11-8-15-10(7-16-11)12(18)17-5-6-19-9-13(17,2)3/h7-8H,4-6,9H2,1-3H3,(H,14,16). The van der Waals surface area contributed by atoms with Crippen molar-refractivity contribution in [2.24, 2.45) is 0 Å². The Labute approximate surface area is 113 Å². The Morgan fingerprint density at radius 2 is 2.26 bits per heavy atom. The van der Waals surface area contributed by atoms with E-state index >= 15 is 0 Å². The Morgan fingerprint density at radius 1 is 1.47 bits per heavy atom. The normalized spacial score (nSPS) is 18.2. The fourth-order valence-electron chi connectivity index (χ4n) is 2.08. The van der Waals surface area contributed by atoms with Gasteiger partial charge in [-0.15, -0.1) is 0 Å². The smallest absolute Gasteiger partial charge is 0.274 e. The summed E-state index contributed by atoms with van der Waals surface area (Å²) in [4.78, 5) is 22.6. The number of amides is 1. The van der Waals surface area contributed by atoms with Gasteiger partial charge in [-0.25, -0.2) is 9.97 Å². The van der Waals surface area contributed by atoms with E-state index in [1.807, 2.05) is 20.8 Å². The van der Waals surface area contributed by atoms with Gasteiger partial charge in [-0.05, 0) is 20.8 Å². The minimum absolute atomic E-state index is 0.0937. The molecule has 0 spiro atoms. The number of ether oxygens (including phenoxy) is 1. The molecule has 1 aromatic heterocycles. The molecule has 1 fully saturated rings. The lowest BCUT2D eigenvalue weighted by atomic mass is 10.0. The van der Waals surface area contributed by atoms with Gasteiger partial charge in [-0.3, -0.25) is 4.79 Å². The molecule has 1 saturated heterocycles. The molecule has 0 aromatic carbocycles. The average Bonchev–Trinajstić information content (AvgIpc) is 2.39. The second-order valence-corrected chi connectivity index (χ2v) is 5.14. The molecule has 19 heavy (non-hydrogen) atoms. The number of anilines is 1. The number of nitrogens with one attached hydrogen (secondary N) is 1. The highest BCUT2D eigenvalue weighted by Gasteiger charge is 2.35. The van der Waals surface area contributed by atoms with Crippen molar-refractivity contribution < 1.29 is 9.53 Å². The van der Waals surface area contributed by atoms with Gasteiger partial charge in [-0.1, -0.05) is 0 Å². The summed E-state index contributed by atoms with van der Waals surface area (Å²) in [5, 5.41) is 3.05. The van der Waals surface area contributed by atoms with Crippen molar-refractivity contribution in [2.75, 3.05) is 31.6 Å². The van der Waals surface area contributed by atoms with Crippen LogP contribution >= 0.6 is 0 Å². The number of hydrogen-bond donors (Lipinski definition) is 1. The summed E-state index contributed by atoms with van der Waals surface area (Å²) in [7, 11) is 0. The molecular formula is C13H20N4O2. The molecule has 0 unspecified atom stereocenters. The van der Waals surface area contributed by atoms with Gasteiger partial charge in [0.2, 0.25) is 0 Å². The Morgan fingerprint density at radius 3 is 2.84 bits per heavy atom. The lowest BCUT2D eigenvalue weighted by molar-refractivity contribution is -0.0373. The van der Waals surface area contributed by atoms with Crippen molar-refractivity contribution in [1.82, 2.24) is 14.9 Å². The summed E-state index contributed by atoms with van der Waals surface area (Å²) in [6.45, 7) is 8.44. The fourth-order valence-corrected chi connectivity index (χ4v) is 2.08. The molecule has 2 rings (SSSR count). The van der Waals surface area contributed by atoms with E-state index in [4.69, 9.17) is 4.74 Å². The van der Waals surface area contributed by atoms with Crippen molar-refractivity contribution in [2.45, 2.75) is 26.3 Å². The van der Waals surface area contributed by atoms with E-state index < -0.39 is 0 Å². The zero-order valence-corrected chi connectivity index (χ0v) is 11.6. The third kappa shape index (κ3) is 3.01. The van der Waals surface area contributed by atoms with Gasteiger partial charge >= 0.3 is 0 Å². The summed E-state index contributed by atoms with van der Waals surface area (Å²) in [5.74, 6) is 0.587. The molecule has 1 aliphatic rings. The highest BCUT2D eigenvalue weighted by atomic mass is 16.5. The predicted octanol–water partition coefficient (Wildman–Crippen LogP) is 1.16. The first-order chi connectivity index (χ1) is 9.04. The molecule has 104 valence electrons. The maximum Gasteiger partial charge on any atom is 0.274 e. The molecule has 0 aliphatic carbocycles. The van der Waals surface area contributed by atoms with Crippen LogP contribution in [0.3, 0.4) is 0 Å². The van der Waals surface area contributed by atoms with Gasteiger partial charge in [0.05, 0.1) is 31.1 Å². The van der Waals surface area contributed by atoms with Gasteiger partial charge in [0.1, 0.15) is 11.5 Å². The monoisotopic (exact) mass is 264 g/mol. The number of nitrogens with zero attached hydrogens (tertiary/aromatic N) is 3. The summed E-state index contributed by atoms with van der Waals surface area (Å²) in [6, 6.07) is 0. The number of aromatic nitrogens is 2. The number of carbonyl (C=O) groups excluding carboxylic acids is 1. The van der Waals surface area contributed by atoms with E-state index in [0.717, 1.165) is 6.54 Å². The molecule has 6 nitrogen and oxygen atoms in total. The Bertz CT molecular complexity index is 444. The lowest BCUT2D eigenvalue weighted by Crippen LogP contribution is -2.55. The van der Waals surface area contributed by atoms with Crippen molar-refractivity contribution in [1.29, 1.82) is 0 Å². The van der Waals surface area contributed by atoms with Crippen molar-refractivity contribution >= 4 is 11.7 Å². The summed E-state index contributed by atoms with van der Waals surface area (Å²) in [6.07, 6.45) is 3.11. The molecular weight excluding hydrogens is 244 g/mol. The third-order valence-electron chi connectivity index (χ3n) is 3.12. The molecule has 0 atom stereocenters. The van der Waals surface area contributed by atoms with E-state index in [-0.39, 0.29) is 11.4 Å². The van der Waals surface area contributed by atoms with E-state index in [2.05, 4.69) is 15.3 Å². The zero-order valence-electron chi connectivity index (χ0n) is 11.6. The summed E-state index contributed by atoms with van der Waals surface area (Å²) < 4.78 is 5.41. The summed E-state index contributed by atoms with van der Waals surface area (Å²) in [5.41, 5.74) is 0.0637. The number of morpholine rings is 1. The number of hydrogen-bond acceptors (Lipinski definition) is 5.